The van der Waals surface area contributed by atoms with E-state index in [2.05, 4.69) is 27.4 Å². The molecule has 0 amide bonds. The van der Waals surface area contributed by atoms with E-state index in [1.807, 2.05) is 18.2 Å². The summed E-state index contributed by atoms with van der Waals surface area (Å²) in [5, 5.41) is 14.4. The molecular formula is C23H18FN3O. The fraction of sp³-hybridized carbons (Fsp3) is 0.130. The van der Waals surface area contributed by atoms with Crippen LogP contribution in [0.5, 0.6) is 5.75 Å². The predicted molar refractivity (Wildman–Crippen MR) is 108 cm³/mol. The van der Waals surface area contributed by atoms with Crippen LogP contribution in [0.15, 0.2) is 66.7 Å². The predicted octanol–water partition coefficient (Wildman–Crippen LogP) is 5.24. The van der Waals surface area contributed by atoms with Crippen LogP contribution in [-0.4, -0.2) is 15.1 Å². The average Bonchev–Trinajstić information content (AvgIpc) is 3.11. The van der Waals surface area contributed by atoms with Crippen LogP contribution < -0.4 is 5.32 Å². The lowest BCUT2D eigenvalue weighted by Gasteiger charge is -2.17. The number of halogens is 1. The Balaban J connectivity index is 1.65. The minimum atomic E-state index is -0.332. The van der Waals surface area contributed by atoms with Gasteiger partial charge in [0.15, 0.2) is 5.82 Å². The Hall–Kier alpha value is -3.47. The van der Waals surface area contributed by atoms with Gasteiger partial charge in [0.2, 0.25) is 0 Å². The molecule has 1 aliphatic carbocycles. The number of phenols is 1. The fourth-order valence-electron chi connectivity index (χ4n) is 3.87. The number of hydrogen-bond acceptors (Lipinski definition) is 4. The van der Waals surface area contributed by atoms with Crippen molar-refractivity contribution in [3.05, 3.63) is 83.7 Å². The number of nitrogens with zero attached hydrogens (tertiary/aromatic N) is 2. The summed E-state index contributed by atoms with van der Waals surface area (Å²) in [5.74, 6) is 0.762. The van der Waals surface area contributed by atoms with Crippen LogP contribution in [-0.2, 0) is 6.42 Å². The first kappa shape index (κ1) is 16.7. The number of nitrogens with one attached hydrogen (secondary N) is 1. The van der Waals surface area contributed by atoms with E-state index in [0.717, 1.165) is 12.8 Å². The molecule has 4 aromatic rings. The van der Waals surface area contributed by atoms with Crippen molar-refractivity contribution in [2.24, 2.45) is 0 Å². The van der Waals surface area contributed by atoms with Gasteiger partial charge in [0, 0.05) is 5.39 Å². The van der Waals surface area contributed by atoms with Crippen molar-refractivity contribution in [1.82, 2.24) is 9.97 Å². The van der Waals surface area contributed by atoms with Crippen molar-refractivity contribution in [2.45, 2.75) is 18.9 Å². The summed E-state index contributed by atoms with van der Waals surface area (Å²) in [5.41, 5.74) is 3.74. The zero-order valence-electron chi connectivity index (χ0n) is 15.1. The number of aryl methyl sites for hydroxylation is 1. The molecule has 2 N–H and O–H groups in total. The summed E-state index contributed by atoms with van der Waals surface area (Å²) in [7, 11) is 0. The molecule has 138 valence electrons. The van der Waals surface area contributed by atoms with Crippen LogP contribution in [0.25, 0.3) is 22.3 Å². The van der Waals surface area contributed by atoms with Gasteiger partial charge in [-0.2, -0.15) is 0 Å². The number of aromatic nitrogens is 2. The van der Waals surface area contributed by atoms with Crippen LogP contribution in [0, 0.1) is 5.82 Å². The highest BCUT2D eigenvalue weighted by Crippen LogP contribution is 2.36. The lowest BCUT2D eigenvalue weighted by molar-refractivity contribution is 0.477. The highest BCUT2D eigenvalue weighted by atomic mass is 19.1. The molecule has 0 saturated carbocycles. The highest BCUT2D eigenvalue weighted by molar-refractivity contribution is 5.91. The first-order valence-corrected chi connectivity index (χ1v) is 9.29. The van der Waals surface area contributed by atoms with Gasteiger partial charge in [0.25, 0.3) is 0 Å². The molecule has 3 aromatic carbocycles. The quantitative estimate of drug-likeness (QED) is 0.517. The molecule has 1 unspecified atom stereocenters. The van der Waals surface area contributed by atoms with Crippen LogP contribution in [0.2, 0.25) is 0 Å². The van der Waals surface area contributed by atoms with Crippen molar-refractivity contribution < 1.29 is 9.50 Å². The topological polar surface area (TPSA) is 58.0 Å². The average molecular weight is 371 g/mol. The van der Waals surface area contributed by atoms with Gasteiger partial charge in [0.05, 0.1) is 17.1 Å². The monoisotopic (exact) mass is 371 g/mol. The van der Waals surface area contributed by atoms with Gasteiger partial charge in [0.1, 0.15) is 17.4 Å². The van der Waals surface area contributed by atoms with Gasteiger partial charge < -0.3 is 10.4 Å². The Morgan fingerprint density at radius 2 is 1.79 bits per heavy atom. The van der Waals surface area contributed by atoms with Crippen molar-refractivity contribution in [1.29, 1.82) is 0 Å². The fourth-order valence-corrected chi connectivity index (χ4v) is 3.87. The minimum Gasteiger partial charge on any atom is -0.507 e. The van der Waals surface area contributed by atoms with Gasteiger partial charge in [-0.05, 0) is 54.3 Å². The molecule has 5 heteroatoms. The standard InChI is InChI=1S/C23H18FN3O/c24-15-10-12-20-18(13-15)23(25-19-11-9-14-5-1-2-6-16(14)19)27-22(26-20)17-7-3-4-8-21(17)28/h1-8,10,12-13,19,28H,9,11H2,(H,25,26,27). The largest absolute Gasteiger partial charge is 0.507 e. The van der Waals surface area contributed by atoms with E-state index in [0.29, 0.717) is 28.1 Å². The molecule has 1 aliphatic rings. The summed E-state index contributed by atoms with van der Waals surface area (Å²) in [4.78, 5) is 9.21. The highest BCUT2D eigenvalue weighted by Gasteiger charge is 2.23. The lowest BCUT2D eigenvalue weighted by Crippen LogP contribution is -2.10. The van der Waals surface area contributed by atoms with Gasteiger partial charge in [-0.3, -0.25) is 0 Å². The van der Waals surface area contributed by atoms with Crippen molar-refractivity contribution in [3.8, 4) is 17.1 Å². The zero-order valence-corrected chi connectivity index (χ0v) is 15.1. The SMILES string of the molecule is Oc1ccccc1-c1nc(NC2CCc3ccccc32)c2cc(F)ccc2n1. The van der Waals surface area contributed by atoms with E-state index < -0.39 is 0 Å². The molecule has 5 rings (SSSR count). The second-order valence-corrected chi connectivity index (χ2v) is 7.01. The molecule has 1 aromatic heterocycles. The van der Waals surface area contributed by atoms with Crippen LogP contribution >= 0.6 is 0 Å². The summed E-state index contributed by atoms with van der Waals surface area (Å²) in [6.07, 6.45) is 1.95. The molecule has 0 spiro atoms. The molecule has 0 bridgehead atoms. The Bertz CT molecular complexity index is 1190. The Kier molecular flexibility index (Phi) is 3.93. The third kappa shape index (κ3) is 2.85. The van der Waals surface area contributed by atoms with Gasteiger partial charge in [-0.15, -0.1) is 0 Å². The summed E-state index contributed by atoms with van der Waals surface area (Å²) < 4.78 is 13.9. The van der Waals surface area contributed by atoms with E-state index in [-0.39, 0.29) is 17.6 Å². The van der Waals surface area contributed by atoms with Crippen molar-refractivity contribution in [2.75, 3.05) is 5.32 Å². The number of hydrogen-bond donors (Lipinski definition) is 2. The zero-order chi connectivity index (χ0) is 19.1. The van der Waals surface area contributed by atoms with Gasteiger partial charge in [-0.1, -0.05) is 36.4 Å². The molecule has 1 atom stereocenters. The van der Waals surface area contributed by atoms with Crippen LogP contribution in [0.1, 0.15) is 23.6 Å². The maximum Gasteiger partial charge on any atom is 0.165 e. The van der Waals surface area contributed by atoms with Gasteiger partial charge in [-0.25, -0.2) is 14.4 Å². The molecule has 0 aliphatic heterocycles. The Morgan fingerprint density at radius 3 is 2.68 bits per heavy atom. The molecular weight excluding hydrogens is 353 g/mol. The van der Waals surface area contributed by atoms with Crippen LogP contribution in [0.3, 0.4) is 0 Å². The number of aromatic hydroxyl groups is 1. The number of benzene rings is 3. The third-order valence-electron chi connectivity index (χ3n) is 5.25. The number of phenolic OH excluding ortho intramolecular Hbond substituents is 1. The normalized spacial score (nSPS) is 15.5. The molecule has 0 saturated heterocycles. The maximum atomic E-state index is 13.9. The Morgan fingerprint density at radius 1 is 0.964 bits per heavy atom. The first-order valence-electron chi connectivity index (χ1n) is 9.29. The number of para-hydroxylation sites is 1. The van der Waals surface area contributed by atoms with Gasteiger partial charge >= 0.3 is 0 Å². The molecule has 0 radical (unpaired) electrons. The number of rotatable bonds is 3. The summed E-state index contributed by atoms with van der Waals surface area (Å²) >= 11 is 0. The number of anilines is 1. The molecule has 4 nitrogen and oxygen atoms in total. The second kappa shape index (κ2) is 6.60. The molecule has 0 fully saturated rings. The van der Waals surface area contributed by atoms with E-state index in [1.165, 1.54) is 23.3 Å². The minimum absolute atomic E-state index is 0.106. The summed E-state index contributed by atoms with van der Waals surface area (Å²) in [6.45, 7) is 0. The first-order chi connectivity index (χ1) is 13.7. The van der Waals surface area contributed by atoms with Crippen molar-refractivity contribution in [3.63, 3.8) is 0 Å². The smallest absolute Gasteiger partial charge is 0.165 e. The maximum absolute atomic E-state index is 13.9. The van der Waals surface area contributed by atoms with Crippen LogP contribution in [0.4, 0.5) is 10.2 Å². The van der Waals surface area contributed by atoms with Crippen molar-refractivity contribution >= 4 is 16.7 Å². The molecule has 1 heterocycles. The van der Waals surface area contributed by atoms with E-state index in [1.54, 1.807) is 24.3 Å². The van der Waals surface area contributed by atoms with E-state index >= 15 is 0 Å². The van der Waals surface area contributed by atoms with E-state index in [9.17, 15) is 9.50 Å². The lowest BCUT2D eigenvalue weighted by atomic mass is 10.1. The molecule has 28 heavy (non-hydrogen) atoms. The van der Waals surface area contributed by atoms with E-state index in [4.69, 9.17) is 0 Å². The second-order valence-electron chi connectivity index (χ2n) is 7.01. The number of fused-ring (bicyclic) bond motifs is 2. The summed E-state index contributed by atoms with van der Waals surface area (Å²) in [6, 6.07) is 19.9. The Labute approximate surface area is 161 Å². The third-order valence-corrected chi connectivity index (χ3v) is 5.25.